The van der Waals surface area contributed by atoms with Crippen LogP contribution in [-0.2, 0) is 13.0 Å². The van der Waals surface area contributed by atoms with Crippen molar-refractivity contribution in [1.29, 1.82) is 0 Å². The fourth-order valence-electron chi connectivity index (χ4n) is 2.49. The summed E-state index contributed by atoms with van der Waals surface area (Å²) in [5.74, 6) is 0. The zero-order valence-corrected chi connectivity index (χ0v) is 10.6. The monoisotopic (exact) mass is 294 g/mol. The summed E-state index contributed by atoms with van der Waals surface area (Å²) in [7, 11) is 0. The lowest BCUT2D eigenvalue weighted by molar-refractivity contribution is 0.189. The summed E-state index contributed by atoms with van der Waals surface area (Å²) in [6.07, 6.45) is -0.189. The molecule has 3 rings (SSSR count). The first-order valence-electron chi connectivity index (χ1n) is 5.40. The lowest BCUT2D eigenvalue weighted by Crippen LogP contribution is -2.34. The summed E-state index contributed by atoms with van der Waals surface area (Å²) in [5, 5.41) is 12.4. The largest absolute Gasteiger partial charge is 0.465 e. The van der Waals surface area contributed by atoms with Gasteiger partial charge >= 0.3 is 6.09 Å². The standard InChI is InChI=1S/C12H11BrN2O2/c13-8-1-2-11-7(3-8)4-10-5-9(6-15(10)11)14-12(16)17/h1-4,9,14H,5-6H2,(H,16,17). The van der Waals surface area contributed by atoms with E-state index in [1.54, 1.807) is 0 Å². The first-order valence-corrected chi connectivity index (χ1v) is 6.20. The Labute approximate surface area is 106 Å². The van der Waals surface area contributed by atoms with E-state index in [-0.39, 0.29) is 6.04 Å². The van der Waals surface area contributed by atoms with E-state index in [0.717, 1.165) is 16.4 Å². The second-order valence-corrected chi connectivity index (χ2v) is 5.22. The third-order valence-electron chi connectivity index (χ3n) is 3.14. The highest BCUT2D eigenvalue weighted by Gasteiger charge is 2.24. The second-order valence-electron chi connectivity index (χ2n) is 4.30. The smallest absolute Gasteiger partial charge is 0.404 e. The predicted molar refractivity (Wildman–Crippen MR) is 68.3 cm³/mol. The molecule has 0 saturated carbocycles. The van der Waals surface area contributed by atoms with Gasteiger partial charge in [-0.05, 0) is 24.3 Å². The predicted octanol–water partition coefficient (Wildman–Crippen LogP) is 2.60. The fourth-order valence-corrected chi connectivity index (χ4v) is 2.87. The zero-order valence-electron chi connectivity index (χ0n) is 8.98. The van der Waals surface area contributed by atoms with Crippen LogP contribution in [0, 0.1) is 0 Å². The molecule has 0 aliphatic carbocycles. The minimum Gasteiger partial charge on any atom is -0.465 e. The highest BCUT2D eigenvalue weighted by Crippen LogP contribution is 2.28. The van der Waals surface area contributed by atoms with Crippen molar-refractivity contribution in [2.24, 2.45) is 0 Å². The van der Waals surface area contributed by atoms with E-state index in [1.807, 2.05) is 6.07 Å². The minimum absolute atomic E-state index is 0.00412. The molecule has 17 heavy (non-hydrogen) atoms. The Hall–Kier alpha value is -1.49. The van der Waals surface area contributed by atoms with Gasteiger partial charge in [-0.25, -0.2) is 4.79 Å². The summed E-state index contributed by atoms with van der Waals surface area (Å²) in [5.41, 5.74) is 2.36. The van der Waals surface area contributed by atoms with Crippen molar-refractivity contribution < 1.29 is 9.90 Å². The van der Waals surface area contributed by atoms with Gasteiger partial charge in [0.2, 0.25) is 0 Å². The number of hydrogen-bond acceptors (Lipinski definition) is 1. The molecule has 0 saturated heterocycles. The molecule has 0 spiro atoms. The Kier molecular flexibility index (Phi) is 2.36. The average Bonchev–Trinajstić information content (AvgIpc) is 2.72. The normalized spacial score (nSPS) is 18.3. The maximum Gasteiger partial charge on any atom is 0.404 e. The van der Waals surface area contributed by atoms with Crippen LogP contribution in [0.2, 0.25) is 0 Å². The summed E-state index contributed by atoms with van der Waals surface area (Å²) in [6.45, 7) is 0.715. The number of carbonyl (C=O) groups is 1. The molecule has 0 fully saturated rings. The molecule has 2 N–H and O–H groups in total. The van der Waals surface area contributed by atoms with E-state index in [4.69, 9.17) is 5.11 Å². The van der Waals surface area contributed by atoms with E-state index in [9.17, 15) is 4.79 Å². The summed E-state index contributed by atoms with van der Waals surface area (Å²) in [6, 6.07) is 8.28. The van der Waals surface area contributed by atoms with Gasteiger partial charge in [0, 0.05) is 34.0 Å². The molecule has 0 bridgehead atoms. The van der Waals surface area contributed by atoms with Crippen molar-refractivity contribution in [2.75, 3.05) is 0 Å². The number of carboxylic acid groups (broad SMARTS) is 1. The minimum atomic E-state index is -0.951. The lowest BCUT2D eigenvalue weighted by atomic mass is 10.2. The maximum absolute atomic E-state index is 10.6. The van der Waals surface area contributed by atoms with Gasteiger partial charge in [-0.15, -0.1) is 0 Å². The number of nitrogens with zero attached hydrogens (tertiary/aromatic N) is 1. The molecule has 4 nitrogen and oxygen atoms in total. The number of fused-ring (bicyclic) bond motifs is 3. The topological polar surface area (TPSA) is 54.3 Å². The molecule has 1 aliphatic rings. The van der Waals surface area contributed by atoms with Crippen molar-refractivity contribution in [3.63, 3.8) is 0 Å². The number of amides is 1. The second kappa shape index (κ2) is 3.77. The number of halogens is 1. The molecular formula is C12H11BrN2O2. The van der Waals surface area contributed by atoms with Crippen molar-refractivity contribution in [3.8, 4) is 0 Å². The number of aromatic nitrogens is 1. The fraction of sp³-hybridized carbons (Fsp3) is 0.250. The third-order valence-corrected chi connectivity index (χ3v) is 3.63. The van der Waals surface area contributed by atoms with Crippen molar-refractivity contribution >= 4 is 32.9 Å². The average molecular weight is 295 g/mol. The van der Waals surface area contributed by atoms with E-state index >= 15 is 0 Å². The molecule has 5 heteroatoms. The van der Waals surface area contributed by atoms with Gasteiger partial charge in [0.05, 0.1) is 6.04 Å². The van der Waals surface area contributed by atoms with Crippen LogP contribution in [0.4, 0.5) is 4.79 Å². The molecule has 1 aromatic heterocycles. The molecule has 1 aliphatic heterocycles. The Bertz CT molecular complexity index is 606. The van der Waals surface area contributed by atoms with Crippen LogP contribution < -0.4 is 5.32 Å². The molecule has 88 valence electrons. The van der Waals surface area contributed by atoms with Gasteiger partial charge in [-0.1, -0.05) is 15.9 Å². The van der Waals surface area contributed by atoms with Gasteiger partial charge in [-0.2, -0.15) is 0 Å². The van der Waals surface area contributed by atoms with Crippen molar-refractivity contribution in [1.82, 2.24) is 9.88 Å². The van der Waals surface area contributed by atoms with Crippen LogP contribution in [0.5, 0.6) is 0 Å². The highest BCUT2D eigenvalue weighted by molar-refractivity contribution is 9.10. The van der Waals surface area contributed by atoms with Crippen molar-refractivity contribution in [2.45, 2.75) is 19.0 Å². The SMILES string of the molecule is O=C(O)NC1Cc2cc3cc(Br)ccc3n2C1. The Balaban J connectivity index is 1.97. The third kappa shape index (κ3) is 1.80. The van der Waals surface area contributed by atoms with E-state index in [1.165, 1.54) is 11.1 Å². The highest BCUT2D eigenvalue weighted by atomic mass is 79.9. The van der Waals surface area contributed by atoms with Crippen molar-refractivity contribution in [3.05, 3.63) is 34.4 Å². The van der Waals surface area contributed by atoms with Gasteiger partial charge in [-0.3, -0.25) is 0 Å². The van der Waals surface area contributed by atoms with Crippen LogP contribution >= 0.6 is 15.9 Å². The van der Waals surface area contributed by atoms with Gasteiger partial charge < -0.3 is 15.0 Å². The first kappa shape index (κ1) is 10.7. The summed E-state index contributed by atoms with van der Waals surface area (Å²) < 4.78 is 3.25. The lowest BCUT2D eigenvalue weighted by Gasteiger charge is -2.08. The maximum atomic E-state index is 10.6. The van der Waals surface area contributed by atoms with Gasteiger partial charge in [0.1, 0.15) is 0 Å². The molecular weight excluding hydrogens is 284 g/mol. The number of nitrogens with one attached hydrogen (secondary N) is 1. The molecule has 1 amide bonds. The van der Waals surface area contributed by atoms with Crippen LogP contribution in [0.1, 0.15) is 5.69 Å². The van der Waals surface area contributed by atoms with Crippen LogP contribution in [0.3, 0.4) is 0 Å². The Morgan fingerprint density at radius 1 is 1.47 bits per heavy atom. The number of hydrogen-bond donors (Lipinski definition) is 2. The Morgan fingerprint density at radius 3 is 3.06 bits per heavy atom. The molecule has 1 aromatic carbocycles. The zero-order chi connectivity index (χ0) is 12.0. The van der Waals surface area contributed by atoms with Crippen LogP contribution in [-0.4, -0.2) is 21.8 Å². The van der Waals surface area contributed by atoms with E-state index in [0.29, 0.717) is 6.54 Å². The molecule has 0 radical (unpaired) electrons. The van der Waals surface area contributed by atoms with Gasteiger partial charge in [0.25, 0.3) is 0 Å². The summed E-state index contributed by atoms with van der Waals surface area (Å²) in [4.78, 5) is 10.6. The molecule has 1 unspecified atom stereocenters. The van der Waals surface area contributed by atoms with Crippen LogP contribution in [0.15, 0.2) is 28.7 Å². The first-order chi connectivity index (χ1) is 8.13. The Morgan fingerprint density at radius 2 is 2.29 bits per heavy atom. The molecule has 2 heterocycles. The van der Waals surface area contributed by atoms with Crippen LogP contribution in [0.25, 0.3) is 10.9 Å². The molecule has 1 atom stereocenters. The number of benzene rings is 1. The summed E-state index contributed by atoms with van der Waals surface area (Å²) >= 11 is 3.45. The molecule has 2 aromatic rings. The van der Waals surface area contributed by atoms with E-state index < -0.39 is 6.09 Å². The number of rotatable bonds is 1. The van der Waals surface area contributed by atoms with E-state index in [2.05, 4.69) is 44.0 Å². The van der Waals surface area contributed by atoms with Gasteiger partial charge in [0.15, 0.2) is 0 Å². The quantitative estimate of drug-likeness (QED) is 0.849.